The predicted molar refractivity (Wildman–Crippen MR) is 90.6 cm³/mol. The second-order valence-electron chi connectivity index (χ2n) is 6.25. The molecular weight excluding hydrogens is 328 g/mol. The van der Waals surface area contributed by atoms with E-state index in [4.69, 9.17) is 4.74 Å². The highest BCUT2D eigenvalue weighted by Gasteiger charge is 2.17. The van der Waals surface area contributed by atoms with Gasteiger partial charge in [-0.25, -0.2) is 8.78 Å². The Balaban J connectivity index is 1.96. The Bertz CT molecular complexity index is 697. The molecule has 0 fully saturated rings. The summed E-state index contributed by atoms with van der Waals surface area (Å²) in [6.07, 6.45) is 0.543. The number of carboxylic acid groups (broad SMARTS) is 1. The molecule has 0 heterocycles. The van der Waals surface area contributed by atoms with E-state index in [2.05, 4.69) is 5.32 Å². The van der Waals surface area contributed by atoms with Gasteiger partial charge in [0.15, 0.2) is 0 Å². The Morgan fingerprint density at radius 2 is 1.68 bits per heavy atom. The van der Waals surface area contributed by atoms with E-state index >= 15 is 0 Å². The van der Waals surface area contributed by atoms with Gasteiger partial charge in [-0.05, 0) is 30.0 Å². The lowest BCUT2D eigenvalue weighted by Crippen LogP contribution is -2.37. The first-order chi connectivity index (χ1) is 11.8. The van der Waals surface area contributed by atoms with Crippen LogP contribution in [0.5, 0.6) is 11.5 Å². The number of halogens is 2. The fraction of sp³-hybridized carbons (Fsp3) is 0.316. The molecule has 4 nitrogen and oxygen atoms in total. The number of benzene rings is 2. The molecule has 1 atom stereocenters. The Labute approximate surface area is 145 Å². The van der Waals surface area contributed by atoms with Crippen LogP contribution in [0.3, 0.4) is 0 Å². The minimum absolute atomic E-state index is 0.0752. The van der Waals surface area contributed by atoms with Crippen molar-refractivity contribution in [2.75, 3.05) is 0 Å². The van der Waals surface area contributed by atoms with Crippen molar-refractivity contribution in [2.45, 2.75) is 32.9 Å². The van der Waals surface area contributed by atoms with E-state index in [0.717, 1.165) is 23.8 Å². The van der Waals surface area contributed by atoms with Crippen molar-refractivity contribution < 1.29 is 23.4 Å². The second kappa shape index (κ2) is 8.58. The largest absolute Gasteiger partial charge is 0.480 e. The molecule has 2 rings (SSSR count). The van der Waals surface area contributed by atoms with Crippen molar-refractivity contribution in [3.63, 3.8) is 0 Å². The molecule has 0 aliphatic carbocycles. The minimum atomic E-state index is -0.873. The summed E-state index contributed by atoms with van der Waals surface area (Å²) < 4.78 is 31.7. The van der Waals surface area contributed by atoms with Crippen molar-refractivity contribution >= 4 is 5.97 Å². The highest BCUT2D eigenvalue weighted by Crippen LogP contribution is 2.23. The van der Waals surface area contributed by atoms with Crippen molar-refractivity contribution in [1.82, 2.24) is 5.32 Å². The lowest BCUT2D eigenvalue weighted by atomic mass is 10.0. The van der Waals surface area contributed by atoms with Crippen molar-refractivity contribution in [3.8, 4) is 11.5 Å². The van der Waals surface area contributed by atoms with Gasteiger partial charge in [0.1, 0.15) is 29.2 Å². The molecule has 0 unspecified atom stereocenters. The third-order valence-corrected chi connectivity index (χ3v) is 3.55. The van der Waals surface area contributed by atoms with Crippen LogP contribution in [0.25, 0.3) is 0 Å². The Kier molecular flexibility index (Phi) is 6.47. The molecule has 0 aliphatic heterocycles. The summed E-state index contributed by atoms with van der Waals surface area (Å²) in [5, 5.41) is 12.2. The van der Waals surface area contributed by atoms with E-state index in [1.165, 1.54) is 0 Å². The van der Waals surface area contributed by atoms with E-state index in [-0.39, 0.29) is 11.7 Å². The van der Waals surface area contributed by atoms with Gasteiger partial charge in [-0.2, -0.15) is 0 Å². The first kappa shape index (κ1) is 18.9. The third kappa shape index (κ3) is 6.15. The summed E-state index contributed by atoms with van der Waals surface area (Å²) in [6.45, 7) is 4.34. The molecule has 0 saturated heterocycles. The van der Waals surface area contributed by atoms with Crippen molar-refractivity contribution in [1.29, 1.82) is 0 Å². The van der Waals surface area contributed by atoms with Crippen LogP contribution in [0.1, 0.15) is 25.8 Å². The maximum absolute atomic E-state index is 13.2. The standard InChI is InChI=1S/C19H21F2NO3/c1-12(2)7-18(19(23)24)22-11-13-3-5-16(6-4-13)25-17-9-14(20)8-15(21)10-17/h3-6,8-10,12,18,22H,7,11H2,1-2H3,(H,23,24)/t18-/m0/s1. The fourth-order valence-corrected chi connectivity index (χ4v) is 2.38. The third-order valence-electron chi connectivity index (χ3n) is 3.55. The first-order valence-electron chi connectivity index (χ1n) is 8.02. The number of ether oxygens (including phenoxy) is 1. The average molecular weight is 349 g/mol. The van der Waals surface area contributed by atoms with E-state index in [9.17, 15) is 18.7 Å². The molecule has 0 aromatic heterocycles. The molecule has 0 radical (unpaired) electrons. The van der Waals surface area contributed by atoms with Crippen LogP contribution in [0.15, 0.2) is 42.5 Å². The smallest absolute Gasteiger partial charge is 0.320 e. The summed E-state index contributed by atoms with van der Waals surface area (Å²) in [6, 6.07) is 9.24. The predicted octanol–water partition coefficient (Wildman–Crippen LogP) is 4.35. The van der Waals surface area contributed by atoms with Crippen LogP contribution in [0.4, 0.5) is 8.78 Å². The molecule has 2 aromatic rings. The lowest BCUT2D eigenvalue weighted by Gasteiger charge is -2.16. The summed E-state index contributed by atoms with van der Waals surface area (Å²) in [5.41, 5.74) is 0.882. The average Bonchev–Trinajstić information content (AvgIpc) is 2.51. The molecule has 0 amide bonds. The number of aliphatic carboxylic acids is 1. The summed E-state index contributed by atoms with van der Waals surface area (Å²) >= 11 is 0. The number of carbonyl (C=O) groups is 1. The molecule has 2 aromatic carbocycles. The van der Waals surface area contributed by atoms with Gasteiger partial charge in [-0.1, -0.05) is 26.0 Å². The highest BCUT2D eigenvalue weighted by molar-refractivity contribution is 5.73. The molecule has 0 aliphatic rings. The second-order valence-corrected chi connectivity index (χ2v) is 6.25. The van der Waals surface area contributed by atoms with Gasteiger partial charge < -0.3 is 15.2 Å². The van der Waals surface area contributed by atoms with E-state index in [1.54, 1.807) is 24.3 Å². The van der Waals surface area contributed by atoms with E-state index < -0.39 is 23.6 Å². The number of hydrogen-bond acceptors (Lipinski definition) is 3. The zero-order chi connectivity index (χ0) is 18.4. The molecule has 25 heavy (non-hydrogen) atoms. The molecule has 2 N–H and O–H groups in total. The molecule has 134 valence electrons. The Morgan fingerprint density at radius 1 is 1.08 bits per heavy atom. The van der Waals surface area contributed by atoms with E-state index in [1.807, 2.05) is 13.8 Å². The van der Waals surface area contributed by atoms with Gasteiger partial charge in [0.25, 0.3) is 0 Å². The SMILES string of the molecule is CC(C)C[C@H](NCc1ccc(Oc2cc(F)cc(F)c2)cc1)C(=O)O. The molecule has 0 spiro atoms. The number of nitrogens with one attached hydrogen (secondary N) is 1. The highest BCUT2D eigenvalue weighted by atomic mass is 19.1. The van der Waals surface area contributed by atoms with Crippen molar-refractivity contribution in [2.24, 2.45) is 5.92 Å². The Hall–Kier alpha value is -2.47. The van der Waals surface area contributed by atoms with Crippen molar-refractivity contribution in [3.05, 3.63) is 59.7 Å². The molecule has 0 bridgehead atoms. The van der Waals surface area contributed by atoms with Crippen LogP contribution < -0.4 is 10.1 Å². The lowest BCUT2D eigenvalue weighted by molar-refractivity contribution is -0.140. The minimum Gasteiger partial charge on any atom is -0.480 e. The van der Waals surface area contributed by atoms with Crippen LogP contribution >= 0.6 is 0 Å². The summed E-state index contributed by atoms with van der Waals surface area (Å²) in [4.78, 5) is 11.2. The maximum atomic E-state index is 13.2. The number of carboxylic acids is 1. The van der Waals surface area contributed by atoms with Gasteiger partial charge >= 0.3 is 5.97 Å². The van der Waals surface area contributed by atoms with Gasteiger partial charge in [0, 0.05) is 24.7 Å². The van der Waals surface area contributed by atoms with E-state index in [0.29, 0.717) is 18.7 Å². The first-order valence-corrected chi connectivity index (χ1v) is 8.02. The van der Waals surface area contributed by atoms with Gasteiger partial charge in [-0.3, -0.25) is 4.79 Å². The van der Waals surface area contributed by atoms with Gasteiger partial charge in [0.05, 0.1) is 0 Å². The zero-order valence-electron chi connectivity index (χ0n) is 14.1. The van der Waals surface area contributed by atoms with Crippen LogP contribution in [-0.2, 0) is 11.3 Å². The fourth-order valence-electron chi connectivity index (χ4n) is 2.38. The van der Waals surface area contributed by atoms with Crippen LogP contribution in [0.2, 0.25) is 0 Å². The number of rotatable bonds is 8. The van der Waals surface area contributed by atoms with Crippen LogP contribution in [0, 0.1) is 17.6 Å². The zero-order valence-corrected chi connectivity index (χ0v) is 14.1. The topological polar surface area (TPSA) is 58.6 Å². The summed E-state index contributed by atoms with van der Waals surface area (Å²) in [7, 11) is 0. The molecule has 0 saturated carbocycles. The molecule has 6 heteroatoms. The maximum Gasteiger partial charge on any atom is 0.320 e. The number of hydrogen-bond donors (Lipinski definition) is 2. The quantitative estimate of drug-likeness (QED) is 0.744. The Morgan fingerprint density at radius 3 is 2.20 bits per heavy atom. The molecular formula is C19H21F2NO3. The monoisotopic (exact) mass is 349 g/mol. The van der Waals surface area contributed by atoms with Crippen LogP contribution in [-0.4, -0.2) is 17.1 Å². The van der Waals surface area contributed by atoms with Gasteiger partial charge in [-0.15, -0.1) is 0 Å². The van der Waals surface area contributed by atoms with Gasteiger partial charge in [0.2, 0.25) is 0 Å². The normalized spacial score (nSPS) is 12.2. The summed E-state index contributed by atoms with van der Waals surface area (Å²) in [5.74, 6) is -1.50.